The molecule has 0 bridgehead atoms. The fourth-order valence-electron chi connectivity index (χ4n) is 1.34. The monoisotopic (exact) mass is 237 g/mol. The van der Waals surface area contributed by atoms with E-state index in [0.717, 1.165) is 5.56 Å². The average molecular weight is 237 g/mol. The molecule has 17 heavy (non-hydrogen) atoms. The Bertz CT molecular complexity index is 463. The molecule has 1 rings (SSSR count). The van der Waals surface area contributed by atoms with Crippen molar-refractivity contribution in [3.8, 4) is 0 Å². The summed E-state index contributed by atoms with van der Waals surface area (Å²) in [5.41, 5.74) is 6.73. The molecule has 1 amide bonds. The van der Waals surface area contributed by atoms with Crippen LogP contribution < -0.4 is 16.6 Å². The van der Waals surface area contributed by atoms with Gasteiger partial charge in [0.15, 0.2) is 0 Å². The third kappa shape index (κ3) is 3.94. The lowest BCUT2D eigenvalue weighted by atomic mass is 10.2. The highest BCUT2D eigenvalue weighted by Crippen LogP contribution is 2.04. The van der Waals surface area contributed by atoms with Gasteiger partial charge < -0.3 is 15.6 Å². The first-order chi connectivity index (χ1) is 7.90. The maximum absolute atomic E-state index is 11.6. The number of aromatic nitrogens is 1. The summed E-state index contributed by atoms with van der Waals surface area (Å²) in [7, 11) is 0. The number of aryl methyl sites for hydroxylation is 1. The number of anilines is 1. The molecule has 0 radical (unpaired) electrons. The van der Waals surface area contributed by atoms with E-state index in [2.05, 4.69) is 5.32 Å². The predicted octanol–water partition coefficient (Wildman–Crippen LogP) is 0.511. The minimum absolute atomic E-state index is 0.00995. The van der Waals surface area contributed by atoms with E-state index in [-0.39, 0.29) is 18.0 Å². The fraction of sp³-hybridized carbons (Fsp3) is 0.500. The second-order valence-electron chi connectivity index (χ2n) is 4.58. The highest BCUT2D eigenvalue weighted by molar-refractivity contribution is 5.75. The molecule has 5 nitrogen and oxygen atoms in total. The normalized spacial score (nSPS) is 10.6. The Morgan fingerprint density at radius 1 is 1.53 bits per heavy atom. The summed E-state index contributed by atoms with van der Waals surface area (Å²) in [6.45, 7) is 6.40. The second-order valence-corrected chi connectivity index (χ2v) is 4.58. The van der Waals surface area contributed by atoms with E-state index in [1.165, 1.54) is 16.8 Å². The van der Waals surface area contributed by atoms with Crippen molar-refractivity contribution < 1.29 is 4.79 Å². The molecule has 5 heteroatoms. The minimum atomic E-state index is -0.212. The van der Waals surface area contributed by atoms with Crippen molar-refractivity contribution in [3.63, 3.8) is 0 Å². The van der Waals surface area contributed by atoms with E-state index in [9.17, 15) is 9.59 Å². The van der Waals surface area contributed by atoms with Crippen LogP contribution in [0.3, 0.4) is 0 Å². The van der Waals surface area contributed by atoms with Gasteiger partial charge in [0.2, 0.25) is 5.91 Å². The fourth-order valence-corrected chi connectivity index (χ4v) is 1.34. The van der Waals surface area contributed by atoms with Crippen molar-refractivity contribution >= 4 is 11.6 Å². The van der Waals surface area contributed by atoms with Crippen molar-refractivity contribution in [2.75, 3.05) is 12.3 Å². The Labute approximate surface area is 101 Å². The number of pyridine rings is 1. The van der Waals surface area contributed by atoms with Gasteiger partial charge in [-0.3, -0.25) is 9.59 Å². The van der Waals surface area contributed by atoms with Crippen LogP contribution in [0.2, 0.25) is 0 Å². The zero-order valence-electron chi connectivity index (χ0n) is 10.5. The molecular weight excluding hydrogens is 218 g/mol. The van der Waals surface area contributed by atoms with Crippen molar-refractivity contribution in [1.29, 1.82) is 0 Å². The van der Waals surface area contributed by atoms with Gasteiger partial charge >= 0.3 is 0 Å². The van der Waals surface area contributed by atoms with Crippen LogP contribution in [-0.2, 0) is 11.3 Å². The molecule has 0 aromatic carbocycles. The summed E-state index contributed by atoms with van der Waals surface area (Å²) in [6, 6.07) is 1.44. The summed E-state index contributed by atoms with van der Waals surface area (Å²) < 4.78 is 1.32. The van der Waals surface area contributed by atoms with E-state index in [0.29, 0.717) is 18.2 Å². The standard InChI is InChI=1S/C12H19N3O2/c1-8(2)5-14-11(16)7-15-6-10(13)9(3)4-12(15)17/h4,6,8H,5,7,13H2,1-3H3,(H,14,16). The van der Waals surface area contributed by atoms with E-state index in [4.69, 9.17) is 5.73 Å². The molecule has 0 aliphatic rings. The van der Waals surface area contributed by atoms with Crippen molar-refractivity contribution in [2.45, 2.75) is 27.3 Å². The first-order valence-electron chi connectivity index (χ1n) is 5.63. The maximum atomic E-state index is 11.6. The Hall–Kier alpha value is -1.78. The highest BCUT2D eigenvalue weighted by atomic mass is 16.2. The van der Waals surface area contributed by atoms with E-state index in [1.807, 2.05) is 13.8 Å². The Balaban J connectivity index is 2.72. The van der Waals surface area contributed by atoms with Crippen molar-refractivity contribution in [2.24, 2.45) is 5.92 Å². The molecular formula is C12H19N3O2. The number of hydrogen-bond donors (Lipinski definition) is 2. The van der Waals surface area contributed by atoms with Crippen LogP contribution in [0.15, 0.2) is 17.1 Å². The molecule has 94 valence electrons. The smallest absolute Gasteiger partial charge is 0.251 e. The highest BCUT2D eigenvalue weighted by Gasteiger charge is 2.06. The van der Waals surface area contributed by atoms with Gasteiger partial charge in [-0.15, -0.1) is 0 Å². The van der Waals surface area contributed by atoms with Gasteiger partial charge in [-0.1, -0.05) is 13.8 Å². The zero-order valence-corrected chi connectivity index (χ0v) is 10.5. The summed E-state index contributed by atoms with van der Waals surface area (Å²) >= 11 is 0. The summed E-state index contributed by atoms with van der Waals surface area (Å²) in [4.78, 5) is 23.1. The summed E-state index contributed by atoms with van der Waals surface area (Å²) in [5, 5.41) is 2.75. The quantitative estimate of drug-likeness (QED) is 0.801. The van der Waals surface area contributed by atoms with Crippen molar-refractivity contribution in [1.82, 2.24) is 9.88 Å². The lowest BCUT2D eigenvalue weighted by Gasteiger charge is -2.10. The first-order valence-corrected chi connectivity index (χ1v) is 5.63. The third-order valence-electron chi connectivity index (χ3n) is 2.39. The molecule has 1 heterocycles. The summed E-state index contributed by atoms with van der Waals surface area (Å²) in [5.74, 6) is 0.211. The molecule has 0 aliphatic carbocycles. The predicted molar refractivity (Wildman–Crippen MR) is 67.7 cm³/mol. The largest absolute Gasteiger partial charge is 0.397 e. The molecule has 0 atom stereocenters. The van der Waals surface area contributed by atoms with Crippen LogP contribution in [0.1, 0.15) is 19.4 Å². The van der Waals surface area contributed by atoms with Crippen LogP contribution in [0.4, 0.5) is 5.69 Å². The molecule has 1 aromatic rings. The van der Waals surface area contributed by atoms with Gasteiger partial charge in [0, 0.05) is 18.8 Å². The Morgan fingerprint density at radius 2 is 2.18 bits per heavy atom. The first kappa shape index (κ1) is 13.3. The number of amides is 1. The Kier molecular flexibility index (Phi) is 4.31. The number of hydrogen-bond acceptors (Lipinski definition) is 3. The van der Waals surface area contributed by atoms with Crippen molar-refractivity contribution in [3.05, 3.63) is 28.2 Å². The number of rotatable bonds is 4. The molecule has 0 saturated heterocycles. The lowest BCUT2D eigenvalue weighted by Crippen LogP contribution is -2.34. The Morgan fingerprint density at radius 3 is 2.76 bits per heavy atom. The number of nitrogens with two attached hydrogens (primary N) is 1. The van der Waals surface area contributed by atoms with E-state index in [1.54, 1.807) is 6.92 Å². The third-order valence-corrected chi connectivity index (χ3v) is 2.39. The van der Waals surface area contributed by atoms with Gasteiger partial charge in [0.1, 0.15) is 6.54 Å². The molecule has 0 fully saturated rings. The SMILES string of the molecule is Cc1cc(=O)n(CC(=O)NCC(C)C)cc1N. The minimum Gasteiger partial charge on any atom is -0.397 e. The van der Waals surface area contributed by atoms with E-state index >= 15 is 0 Å². The maximum Gasteiger partial charge on any atom is 0.251 e. The number of carbonyl (C=O) groups excluding carboxylic acids is 1. The van der Waals surface area contributed by atoms with Crippen LogP contribution in [0, 0.1) is 12.8 Å². The molecule has 0 saturated carbocycles. The van der Waals surface area contributed by atoms with Gasteiger partial charge in [-0.05, 0) is 18.4 Å². The number of nitrogens with zero attached hydrogens (tertiary/aromatic N) is 1. The van der Waals surface area contributed by atoms with Crippen LogP contribution in [0.25, 0.3) is 0 Å². The molecule has 0 unspecified atom stereocenters. The molecule has 0 spiro atoms. The number of nitrogens with one attached hydrogen (secondary N) is 1. The lowest BCUT2D eigenvalue weighted by molar-refractivity contribution is -0.121. The topological polar surface area (TPSA) is 77.1 Å². The summed E-state index contributed by atoms with van der Waals surface area (Å²) in [6.07, 6.45) is 1.51. The molecule has 1 aromatic heterocycles. The average Bonchev–Trinajstić information content (AvgIpc) is 2.23. The van der Waals surface area contributed by atoms with Crippen LogP contribution in [0.5, 0.6) is 0 Å². The van der Waals surface area contributed by atoms with E-state index < -0.39 is 0 Å². The zero-order chi connectivity index (χ0) is 13.0. The second kappa shape index (κ2) is 5.52. The molecule has 3 N–H and O–H groups in total. The van der Waals surface area contributed by atoms with Gasteiger partial charge in [0.05, 0.1) is 5.69 Å². The molecule has 0 aliphatic heterocycles. The van der Waals surface area contributed by atoms with Crippen LogP contribution >= 0.6 is 0 Å². The number of nitrogen functional groups attached to an aromatic ring is 1. The van der Waals surface area contributed by atoms with Gasteiger partial charge in [0.25, 0.3) is 5.56 Å². The van der Waals surface area contributed by atoms with Crippen LogP contribution in [-0.4, -0.2) is 17.0 Å². The van der Waals surface area contributed by atoms with Gasteiger partial charge in [-0.25, -0.2) is 0 Å². The number of carbonyl (C=O) groups is 1. The van der Waals surface area contributed by atoms with Gasteiger partial charge in [-0.2, -0.15) is 0 Å².